The number of aryl methyl sites for hydroxylation is 2. The highest BCUT2D eigenvalue weighted by Gasteiger charge is 2.23. The Hall–Kier alpha value is -3.15. The Morgan fingerprint density at radius 1 is 1.19 bits per heavy atom. The van der Waals surface area contributed by atoms with Gasteiger partial charge >= 0.3 is 0 Å². The summed E-state index contributed by atoms with van der Waals surface area (Å²) in [6.45, 7) is 2.03. The normalized spacial score (nSPS) is 16.1. The molecule has 0 aliphatic heterocycles. The van der Waals surface area contributed by atoms with E-state index in [1.165, 1.54) is 11.6 Å². The molecule has 0 spiro atoms. The lowest BCUT2D eigenvalue weighted by molar-refractivity contribution is 0.0927. The molecule has 132 valence electrons. The van der Waals surface area contributed by atoms with Gasteiger partial charge in [-0.05, 0) is 43.9 Å². The van der Waals surface area contributed by atoms with Gasteiger partial charge in [-0.3, -0.25) is 14.7 Å². The van der Waals surface area contributed by atoms with Crippen molar-refractivity contribution in [3.8, 4) is 11.3 Å². The van der Waals surface area contributed by atoms with Gasteiger partial charge in [0.1, 0.15) is 5.69 Å². The summed E-state index contributed by atoms with van der Waals surface area (Å²) >= 11 is 0. The van der Waals surface area contributed by atoms with Crippen molar-refractivity contribution in [3.05, 3.63) is 75.3 Å². The molecule has 0 fully saturated rings. The van der Waals surface area contributed by atoms with Crippen LogP contribution in [-0.2, 0) is 6.42 Å². The van der Waals surface area contributed by atoms with Crippen molar-refractivity contribution in [1.82, 2.24) is 20.5 Å². The largest absolute Gasteiger partial charge is 0.344 e. The zero-order chi connectivity index (χ0) is 18.1. The number of benzene rings is 1. The van der Waals surface area contributed by atoms with Gasteiger partial charge in [-0.15, -0.1) is 0 Å². The molecule has 1 aliphatic rings. The number of carbonyl (C=O) groups is 1. The molecule has 6 nitrogen and oxygen atoms in total. The van der Waals surface area contributed by atoms with E-state index in [4.69, 9.17) is 0 Å². The number of H-pyrrole nitrogens is 2. The summed E-state index contributed by atoms with van der Waals surface area (Å²) in [6, 6.07) is 13.0. The van der Waals surface area contributed by atoms with Crippen LogP contribution < -0.4 is 10.9 Å². The fourth-order valence-corrected chi connectivity index (χ4v) is 3.40. The third-order valence-corrected chi connectivity index (χ3v) is 4.81. The van der Waals surface area contributed by atoms with Gasteiger partial charge in [-0.2, -0.15) is 5.10 Å². The second kappa shape index (κ2) is 6.63. The first-order valence-corrected chi connectivity index (χ1v) is 8.75. The van der Waals surface area contributed by atoms with Crippen molar-refractivity contribution < 1.29 is 4.79 Å². The van der Waals surface area contributed by atoms with E-state index < -0.39 is 0 Å². The van der Waals surface area contributed by atoms with Crippen LogP contribution >= 0.6 is 0 Å². The second-order valence-corrected chi connectivity index (χ2v) is 6.71. The highest BCUT2D eigenvalue weighted by atomic mass is 16.2. The van der Waals surface area contributed by atoms with Gasteiger partial charge in [0.2, 0.25) is 5.56 Å². The van der Waals surface area contributed by atoms with Crippen molar-refractivity contribution in [2.24, 2.45) is 0 Å². The molecule has 26 heavy (non-hydrogen) atoms. The molecule has 0 unspecified atom stereocenters. The van der Waals surface area contributed by atoms with Crippen molar-refractivity contribution in [1.29, 1.82) is 0 Å². The molecule has 2 heterocycles. The molecule has 2 aromatic heterocycles. The maximum atomic E-state index is 12.6. The maximum Gasteiger partial charge on any atom is 0.269 e. The molecule has 3 aromatic rings. The maximum absolute atomic E-state index is 12.6. The van der Waals surface area contributed by atoms with E-state index in [1.54, 1.807) is 6.07 Å². The average molecular weight is 348 g/mol. The minimum absolute atomic E-state index is 0.103. The quantitative estimate of drug-likeness (QED) is 0.680. The van der Waals surface area contributed by atoms with Crippen molar-refractivity contribution in [2.75, 3.05) is 0 Å². The summed E-state index contributed by atoms with van der Waals surface area (Å²) in [6.07, 6.45) is 2.61. The first-order valence-electron chi connectivity index (χ1n) is 8.75. The van der Waals surface area contributed by atoms with Gasteiger partial charge in [0.05, 0.1) is 11.7 Å². The molecule has 1 aromatic carbocycles. The van der Waals surface area contributed by atoms with Gasteiger partial charge in [0.25, 0.3) is 5.91 Å². The van der Waals surface area contributed by atoms with Crippen LogP contribution in [0, 0.1) is 6.92 Å². The Labute approximate surface area is 150 Å². The minimum Gasteiger partial charge on any atom is -0.344 e. The minimum atomic E-state index is -0.195. The fourth-order valence-electron chi connectivity index (χ4n) is 3.40. The molecule has 1 amide bonds. The molecule has 4 rings (SSSR count). The highest BCUT2D eigenvalue weighted by molar-refractivity contribution is 5.93. The van der Waals surface area contributed by atoms with Gasteiger partial charge in [-0.1, -0.05) is 29.8 Å². The van der Waals surface area contributed by atoms with E-state index in [9.17, 15) is 9.59 Å². The Kier molecular flexibility index (Phi) is 4.16. The van der Waals surface area contributed by atoms with Gasteiger partial charge in [-0.25, -0.2) is 0 Å². The summed E-state index contributed by atoms with van der Waals surface area (Å²) < 4.78 is 0. The van der Waals surface area contributed by atoms with Crippen LogP contribution in [-0.4, -0.2) is 21.1 Å². The van der Waals surface area contributed by atoms with Crippen LogP contribution in [0.1, 0.15) is 46.2 Å². The molecule has 1 atom stereocenters. The van der Waals surface area contributed by atoms with Crippen molar-refractivity contribution in [3.63, 3.8) is 0 Å². The number of amides is 1. The SMILES string of the molecule is Cc1ccc(-c2cc(C(=O)N[C@@H]3CCCc4[nH]c(=O)ccc43)[nH]n2)cc1. The standard InChI is InChI=1S/C20H20N4O2/c1-12-5-7-13(8-6-12)17-11-18(24-23-17)20(26)22-16-4-2-3-15-14(16)9-10-19(25)21-15/h5-11,16H,2-4H2,1H3,(H,21,25)(H,22,26)(H,23,24)/t16-/m1/s1. The molecule has 0 saturated heterocycles. The van der Waals surface area contributed by atoms with Crippen molar-refractivity contribution in [2.45, 2.75) is 32.2 Å². The molecule has 0 saturated carbocycles. The molecule has 3 N–H and O–H groups in total. The summed E-state index contributed by atoms with van der Waals surface area (Å²) in [7, 11) is 0. The lowest BCUT2D eigenvalue weighted by Crippen LogP contribution is -2.32. The number of fused-ring (bicyclic) bond motifs is 1. The number of aromatic amines is 2. The van der Waals surface area contributed by atoms with Gasteiger partial charge in [0, 0.05) is 17.3 Å². The number of aromatic nitrogens is 3. The van der Waals surface area contributed by atoms with Crippen LogP contribution in [0.25, 0.3) is 11.3 Å². The lowest BCUT2D eigenvalue weighted by atomic mass is 9.91. The van der Waals surface area contributed by atoms with E-state index in [0.717, 1.165) is 41.8 Å². The Morgan fingerprint density at radius 2 is 2.00 bits per heavy atom. The summed E-state index contributed by atoms with van der Waals surface area (Å²) in [5.74, 6) is -0.195. The zero-order valence-corrected chi connectivity index (χ0v) is 14.5. The average Bonchev–Trinajstić information content (AvgIpc) is 3.12. The van der Waals surface area contributed by atoms with Crippen LogP contribution in [0.15, 0.2) is 47.3 Å². The number of hydrogen-bond donors (Lipinski definition) is 3. The summed E-state index contributed by atoms with van der Waals surface area (Å²) in [5.41, 5.74) is 5.11. The molecule has 0 bridgehead atoms. The van der Waals surface area contributed by atoms with E-state index >= 15 is 0 Å². The molecule has 0 radical (unpaired) electrons. The highest BCUT2D eigenvalue weighted by Crippen LogP contribution is 2.28. The predicted molar refractivity (Wildman–Crippen MR) is 99.0 cm³/mol. The monoisotopic (exact) mass is 348 g/mol. The zero-order valence-electron chi connectivity index (χ0n) is 14.5. The van der Waals surface area contributed by atoms with Crippen molar-refractivity contribution >= 4 is 5.91 Å². The third kappa shape index (κ3) is 3.18. The van der Waals surface area contributed by atoms with Gasteiger partial charge < -0.3 is 10.3 Å². The number of nitrogens with one attached hydrogen (secondary N) is 3. The Bertz CT molecular complexity index is 1000. The fraction of sp³-hybridized carbons (Fsp3) is 0.250. The van der Waals surface area contributed by atoms with E-state index in [2.05, 4.69) is 20.5 Å². The number of rotatable bonds is 3. The van der Waals surface area contributed by atoms with Crippen LogP contribution in [0.4, 0.5) is 0 Å². The molecular weight excluding hydrogens is 328 g/mol. The van der Waals surface area contributed by atoms with Gasteiger partial charge in [0.15, 0.2) is 0 Å². The first kappa shape index (κ1) is 16.3. The number of carbonyl (C=O) groups excluding carboxylic acids is 1. The Morgan fingerprint density at radius 3 is 2.81 bits per heavy atom. The van der Waals surface area contributed by atoms with E-state index in [1.807, 2.05) is 37.3 Å². The molecule has 6 heteroatoms. The van der Waals surface area contributed by atoms with E-state index in [-0.39, 0.29) is 17.5 Å². The van der Waals surface area contributed by atoms with Crippen LogP contribution in [0.3, 0.4) is 0 Å². The molecule has 1 aliphatic carbocycles. The van der Waals surface area contributed by atoms with E-state index in [0.29, 0.717) is 5.69 Å². The summed E-state index contributed by atoms with van der Waals surface area (Å²) in [4.78, 5) is 27.0. The Balaban J connectivity index is 1.53. The number of hydrogen-bond acceptors (Lipinski definition) is 3. The smallest absolute Gasteiger partial charge is 0.269 e. The van der Waals surface area contributed by atoms with Crippen LogP contribution in [0.5, 0.6) is 0 Å². The van der Waals surface area contributed by atoms with Crippen LogP contribution in [0.2, 0.25) is 0 Å². The predicted octanol–water partition coefficient (Wildman–Crippen LogP) is 2.88. The summed E-state index contributed by atoms with van der Waals surface area (Å²) in [5, 5.41) is 10.1. The first-order chi connectivity index (χ1) is 12.6. The lowest BCUT2D eigenvalue weighted by Gasteiger charge is -2.25. The second-order valence-electron chi connectivity index (χ2n) is 6.71. The number of pyridine rings is 1. The number of nitrogens with zero attached hydrogens (tertiary/aromatic N) is 1. The molecular formula is C20H20N4O2. The third-order valence-electron chi connectivity index (χ3n) is 4.81. The topological polar surface area (TPSA) is 90.6 Å².